The second-order valence-electron chi connectivity index (χ2n) is 5.02. The van der Waals surface area contributed by atoms with E-state index in [-0.39, 0.29) is 12.0 Å². The summed E-state index contributed by atoms with van der Waals surface area (Å²) in [6.07, 6.45) is 7.14. The summed E-state index contributed by atoms with van der Waals surface area (Å²) in [5.74, 6) is -0.964. The van der Waals surface area contributed by atoms with Crippen molar-refractivity contribution in [1.82, 2.24) is 10.3 Å². The van der Waals surface area contributed by atoms with Crippen LogP contribution in [0.15, 0.2) is 36.5 Å². The minimum absolute atomic E-state index is 0.142. The molecule has 2 N–H and O–H groups in total. The van der Waals surface area contributed by atoms with E-state index in [4.69, 9.17) is 5.11 Å². The maximum absolute atomic E-state index is 11.0. The van der Waals surface area contributed by atoms with Gasteiger partial charge in [-0.15, -0.1) is 11.3 Å². The fourth-order valence-electron chi connectivity index (χ4n) is 2.48. The number of carboxylic acid groups (broad SMARTS) is 1. The lowest BCUT2D eigenvalue weighted by Crippen LogP contribution is -2.33. The van der Waals surface area contributed by atoms with Gasteiger partial charge in [0.25, 0.3) is 0 Å². The van der Waals surface area contributed by atoms with Gasteiger partial charge in [0.2, 0.25) is 0 Å². The van der Waals surface area contributed by atoms with Crippen LogP contribution in [0.5, 0.6) is 0 Å². The Balaban J connectivity index is 1.63. The first-order valence-corrected chi connectivity index (χ1v) is 7.50. The highest BCUT2D eigenvalue weighted by Gasteiger charge is 2.23. The van der Waals surface area contributed by atoms with Crippen LogP contribution in [0.2, 0.25) is 0 Å². The molecule has 0 spiro atoms. The highest BCUT2D eigenvalue weighted by molar-refractivity contribution is 7.19. The van der Waals surface area contributed by atoms with E-state index in [9.17, 15) is 4.79 Å². The molecule has 0 bridgehead atoms. The normalized spacial score (nSPS) is 22.2. The Bertz CT molecular complexity index is 617. The zero-order chi connectivity index (χ0) is 13.9. The molecular weight excluding hydrogens is 272 g/mol. The smallest absolute Gasteiger partial charge is 0.306 e. The van der Waals surface area contributed by atoms with Gasteiger partial charge in [-0.05, 0) is 31.0 Å². The Morgan fingerprint density at radius 3 is 3.25 bits per heavy atom. The summed E-state index contributed by atoms with van der Waals surface area (Å²) in [5, 5.41) is 12.5. The van der Waals surface area contributed by atoms with Crippen LogP contribution < -0.4 is 5.32 Å². The largest absolute Gasteiger partial charge is 0.481 e. The standard InChI is InChI=1S/C15H16N2O2S/c18-15(19)10-3-1-4-11(7-10)17-9-12-8-13-14(20-12)5-2-6-16-13/h1-2,4-6,8,10-11,17H,3,7,9H2,(H,18,19)/t10-,11-/m1/s1. The van der Waals surface area contributed by atoms with E-state index in [1.165, 1.54) is 9.58 Å². The van der Waals surface area contributed by atoms with Gasteiger partial charge in [0.05, 0.1) is 16.1 Å². The van der Waals surface area contributed by atoms with Gasteiger partial charge in [0.1, 0.15) is 0 Å². The third-order valence-electron chi connectivity index (χ3n) is 3.55. The molecule has 20 heavy (non-hydrogen) atoms. The number of pyridine rings is 1. The van der Waals surface area contributed by atoms with Crippen molar-refractivity contribution in [3.63, 3.8) is 0 Å². The van der Waals surface area contributed by atoms with E-state index >= 15 is 0 Å². The molecule has 0 saturated heterocycles. The summed E-state index contributed by atoms with van der Waals surface area (Å²) < 4.78 is 1.19. The molecule has 2 aromatic rings. The van der Waals surface area contributed by atoms with Crippen molar-refractivity contribution in [1.29, 1.82) is 0 Å². The molecule has 5 heteroatoms. The molecule has 2 heterocycles. The number of rotatable bonds is 4. The van der Waals surface area contributed by atoms with Crippen LogP contribution in [0.4, 0.5) is 0 Å². The number of nitrogens with one attached hydrogen (secondary N) is 1. The predicted molar refractivity (Wildman–Crippen MR) is 79.7 cm³/mol. The average molecular weight is 288 g/mol. The van der Waals surface area contributed by atoms with E-state index in [2.05, 4.69) is 28.5 Å². The molecule has 0 aliphatic heterocycles. The average Bonchev–Trinajstić information content (AvgIpc) is 2.88. The molecule has 0 radical (unpaired) electrons. The Labute approximate surface area is 121 Å². The van der Waals surface area contributed by atoms with Crippen LogP contribution in [-0.4, -0.2) is 22.1 Å². The minimum Gasteiger partial charge on any atom is -0.481 e. The first kappa shape index (κ1) is 13.3. The maximum atomic E-state index is 11.0. The third kappa shape index (κ3) is 2.89. The number of nitrogens with zero attached hydrogens (tertiary/aromatic N) is 1. The topological polar surface area (TPSA) is 62.2 Å². The molecule has 3 rings (SSSR count). The summed E-state index contributed by atoms with van der Waals surface area (Å²) in [4.78, 5) is 16.6. The molecule has 0 unspecified atom stereocenters. The van der Waals surface area contributed by atoms with E-state index in [0.717, 1.165) is 12.1 Å². The second-order valence-corrected chi connectivity index (χ2v) is 6.19. The zero-order valence-corrected chi connectivity index (χ0v) is 11.8. The number of hydrogen-bond donors (Lipinski definition) is 2. The lowest BCUT2D eigenvalue weighted by molar-refractivity contribution is -0.142. The summed E-state index contributed by atoms with van der Waals surface area (Å²) in [5.41, 5.74) is 1.02. The summed E-state index contributed by atoms with van der Waals surface area (Å²) in [6.45, 7) is 0.752. The van der Waals surface area contributed by atoms with Gasteiger partial charge in [-0.25, -0.2) is 0 Å². The van der Waals surface area contributed by atoms with Gasteiger partial charge in [-0.1, -0.05) is 12.2 Å². The van der Waals surface area contributed by atoms with Crippen molar-refractivity contribution in [2.24, 2.45) is 5.92 Å². The second kappa shape index (κ2) is 5.73. The molecule has 1 aliphatic carbocycles. The maximum Gasteiger partial charge on any atom is 0.306 e. The number of fused-ring (bicyclic) bond motifs is 1. The summed E-state index contributed by atoms with van der Waals surface area (Å²) in [7, 11) is 0. The highest BCUT2D eigenvalue weighted by Crippen LogP contribution is 2.24. The van der Waals surface area contributed by atoms with E-state index in [0.29, 0.717) is 12.8 Å². The lowest BCUT2D eigenvalue weighted by atomic mass is 9.91. The van der Waals surface area contributed by atoms with E-state index in [1.807, 2.05) is 12.1 Å². The summed E-state index contributed by atoms with van der Waals surface area (Å²) in [6, 6.07) is 6.24. The molecule has 4 nitrogen and oxygen atoms in total. The zero-order valence-electron chi connectivity index (χ0n) is 11.0. The molecular formula is C15H16N2O2S. The Morgan fingerprint density at radius 2 is 2.45 bits per heavy atom. The predicted octanol–water partition coefficient (Wildman–Crippen LogP) is 2.81. The van der Waals surface area contributed by atoms with Gasteiger partial charge in [0.15, 0.2) is 0 Å². The first-order valence-electron chi connectivity index (χ1n) is 6.68. The molecule has 0 aromatic carbocycles. The quantitative estimate of drug-likeness (QED) is 0.849. The van der Waals surface area contributed by atoms with Crippen LogP contribution >= 0.6 is 11.3 Å². The number of hydrogen-bond acceptors (Lipinski definition) is 4. The van der Waals surface area contributed by atoms with Gasteiger partial charge < -0.3 is 10.4 Å². The Morgan fingerprint density at radius 1 is 1.55 bits per heavy atom. The number of allylic oxidation sites excluding steroid dienone is 1. The molecule has 2 aromatic heterocycles. The van der Waals surface area contributed by atoms with Crippen molar-refractivity contribution < 1.29 is 9.90 Å². The van der Waals surface area contributed by atoms with Crippen LogP contribution in [-0.2, 0) is 11.3 Å². The molecule has 1 aliphatic rings. The Kier molecular flexibility index (Phi) is 3.80. The fourth-order valence-corrected chi connectivity index (χ4v) is 3.45. The van der Waals surface area contributed by atoms with Crippen molar-refractivity contribution in [2.75, 3.05) is 0 Å². The van der Waals surface area contributed by atoms with Crippen LogP contribution in [0.3, 0.4) is 0 Å². The van der Waals surface area contributed by atoms with Crippen LogP contribution in [0.1, 0.15) is 17.7 Å². The SMILES string of the molecule is O=C(O)[C@@H]1CC=C[C@@H](NCc2cc3ncccc3s2)C1. The number of aliphatic carboxylic acids is 1. The Hall–Kier alpha value is -1.72. The lowest BCUT2D eigenvalue weighted by Gasteiger charge is -2.22. The summed E-state index contributed by atoms with van der Waals surface area (Å²) >= 11 is 1.73. The van der Waals surface area contributed by atoms with Crippen LogP contribution in [0, 0.1) is 5.92 Å². The highest BCUT2D eigenvalue weighted by atomic mass is 32.1. The monoisotopic (exact) mass is 288 g/mol. The van der Waals surface area contributed by atoms with Gasteiger partial charge in [-0.2, -0.15) is 0 Å². The fraction of sp³-hybridized carbons (Fsp3) is 0.333. The third-order valence-corrected chi connectivity index (χ3v) is 4.64. The molecule has 0 amide bonds. The van der Waals surface area contributed by atoms with Gasteiger partial charge >= 0.3 is 5.97 Å². The molecule has 2 atom stereocenters. The van der Waals surface area contributed by atoms with E-state index in [1.54, 1.807) is 17.5 Å². The van der Waals surface area contributed by atoms with Crippen molar-refractivity contribution in [2.45, 2.75) is 25.4 Å². The number of aromatic nitrogens is 1. The first-order chi connectivity index (χ1) is 9.72. The number of carboxylic acids is 1. The van der Waals surface area contributed by atoms with Crippen molar-refractivity contribution in [3.8, 4) is 0 Å². The number of carbonyl (C=O) groups is 1. The number of thiophene rings is 1. The molecule has 0 fully saturated rings. The molecule has 0 saturated carbocycles. The van der Waals surface area contributed by atoms with Crippen molar-refractivity contribution >= 4 is 27.5 Å². The minimum atomic E-state index is -0.702. The van der Waals surface area contributed by atoms with Gasteiger partial charge in [-0.3, -0.25) is 9.78 Å². The van der Waals surface area contributed by atoms with Crippen molar-refractivity contribution in [3.05, 3.63) is 41.4 Å². The van der Waals surface area contributed by atoms with Crippen LogP contribution in [0.25, 0.3) is 10.2 Å². The van der Waals surface area contributed by atoms with Gasteiger partial charge in [0, 0.05) is 23.7 Å². The van der Waals surface area contributed by atoms with E-state index < -0.39 is 5.97 Å². The molecule has 104 valence electrons.